The first kappa shape index (κ1) is 10.3. The van der Waals surface area contributed by atoms with E-state index in [2.05, 4.69) is 16.7 Å². The Balaban J connectivity index is 0.000000184. The fourth-order valence-corrected chi connectivity index (χ4v) is 1.12. The molecule has 0 amide bonds. The van der Waals surface area contributed by atoms with Gasteiger partial charge >= 0.3 is 0 Å². The van der Waals surface area contributed by atoms with Gasteiger partial charge in [-0.05, 0) is 11.6 Å². The Morgan fingerprint density at radius 3 is 2.54 bits per heavy atom. The second kappa shape index (κ2) is 5.09. The highest BCUT2D eigenvalue weighted by Crippen LogP contribution is 2.23. The van der Waals surface area contributed by atoms with Crippen molar-refractivity contribution in [2.75, 3.05) is 6.61 Å². The fourth-order valence-electron chi connectivity index (χ4n) is 1.12. The molecule has 0 unspecified atom stereocenters. The maximum Gasteiger partial charge on any atom is 0.222 e. The van der Waals surface area contributed by atoms with Crippen LogP contribution in [-0.4, -0.2) is 15.0 Å². The van der Waals surface area contributed by atoms with E-state index in [1.54, 1.807) is 0 Å². The van der Waals surface area contributed by atoms with Crippen molar-refractivity contribution in [3.63, 3.8) is 0 Å². The van der Waals surface area contributed by atoms with E-state index in [0.29, 0.717) is 0 Å². The zero-order valence-electron chi connectivity index (χ0n) is 6.77. The molecule has 1 aromatic rings. The van der Waals surface area contributed by atoms with E-state index >= 15 is 0 Å². The molecule has 0 spiro atoms. The molecule has 1 aliphatic heterocycles. The average molecular weight is 221 g/mol. The summed E-state index contributed by atoms with van der Waals surface area (Å²) in [6.07, 6.45) is 1.08. The van der Waals surface area contributed by atoms with Crippen LogP contribution in [0.3, 0.4) is 0 Å². The molecule has 0 saturated carbocycles. The molecule has 1 aliphatic rings. The fraction of sp³-hybridized carbons (Fsp3) is 0.250. The summed E-state index contributed by atoms with van der Waals surface area (Å²) in [5, 5.41) is 0. The van der Waals surface area contributed by atoms with Crippen LogP contribution >= 0.6 is 10.7 Å². The van der Waals surface area contributed by atoms with Gasteiger partial charge in [-0.3, -0.25) is 0 Å². The summed E-state index contributed by atoms with van der Waals surface area (Å²) < 4.78 is 22.9. The van der Waals surface area contributed by atoms with Gasteiger partial charge in [0, 0.05) is 17.1 Å². The van der Waals surface area contributed by atoms with Gasteiger partial charge in [-0.2, -0.15) is 0 Å². The van der Waals surface area contributed by atoms with E-state index in [1.807, 2.05) is 18.2 Å². The van der Waals surface area contributed by atoms with Gasteiger partial charge in [0.15, 0.2) is 0 Å². The summed E-state index contributed by atoms with van der Waals surface area (Å²) in [4.78, 5) is 0. The molecular weight excluding hydrogens is 212 g/mol. The Kier molecular flexibility index (Phi) is 4.05. The highest BCUT2D eigenvalue weighted by Gasteiger charge is 2.08. The molecule has 13 heavy (non-hydrogen) atoms. The standard InChI is InChI=1S/C8H8O.ClHO2S/c1-2-4-8-7(3-1)5-6-9-8;1-4(2)3/h1-4H,5-6H2;4H. The Hall–Kier alpha value is -0.740. The molecule has 0 saturated heterocycles. The largest absolute Gasteiger partial charge is 0.493 e. The third-order valence-electron chi connectivity index (χ3n) is 1.60. The summed E-state index contributed by atoms with van der Waals surface area (Å²) in [6.45, 7) is 0.860. The molecule has 0 fully saturated rings. The van der Waals surface area contributed by atoms with Crippen molar-refractivity contribution in [1.29, 1.82) is 0 Å². The van der Waals surface area contributed by atoms with Crippen LogP contribution in [0.5, 0.6) is 5.75 Å². The van der Waals surface area contributed by atoms with Gasteiger partial charge in [0.1, 0.15) is 5.75 Å². The van der Waals surface area contributed by atoms with Crippen molar-refractivity contribution in [2.24, 2.45) is 0 Å². The van der Waals surface area contributed by atoms with E-state index in [-0.39, 0.29) is 0 Å². The lowest BCUT2D eigenvalue weighted by molar-refractivity contribution is 0.357. The molecule has 5 heteroatoms. The maximum atomic E-state index is 8.80. The first-order chi connectivity index (χ1) is 6.20. The van der Waals surface area contributed by atoms with Crippen LogP contribution < -0.4 is 4.74 Å². The Morgan fingerprint density at radius 1 is 1.31 bits per heavy atom. The van der Waals surface area contributed by atoms with Gasteiger partial charge in [0.05, 0.1) is 6.61 Å². The SMILES string of the molecule is O=[SH](=O)Cl.c1ccc2c(c1)CCO2. The predicted octanol–water partition coefficient (Wildman–Crippen LogP) is 1.37. The predicted molar refractivity (Wildman–Crippen MR) is 51.8 cm³/mol. The average Bonchev–Trinajstić information content (AvgIpc) is 2.49. The van der Waals surface area contributed by atoms with Gasteiger partial charge in [-0.1, -0.05) is 18.2 Å². The third kappa shape index (κ3) is 3.65. The molecular formula is C8H9ClO3S. The van der Waals surface area contributed by atoms with Crippen LogP contribution in [-0.2, 0) is 16.3 Å². The molecule has 1 heterocycles. The van der Waals surface area contributed by atoms with Crippen LogP contribution in [0.4, 0.5) is 0 Å². The third-order valence-corrected chi connectivity index (χ3v) is 1.60. The lowest BCUT2D eigenvalue weighted by atomic mass is 10.2. The zero-order valence-corrected chi connectivity index (χ0v) is 8.42. The molecule has 0 aromatic heterocycles. The Bertz CT molecular complexity index is 318. The minimum Gasteiger partial charge on any atom is -0.493 e. The number of para-hydroxylation sites is 1. The van der Waals surface area contributed by atoms with Crippen LogP contribution in [0.1, 0.15) is 5.56 Å². The maximum absolute atomic E-state index is 8.80. The smallest absolute Gasteiger partial charge is 0.222 e. The number of ether oxygens (including phenoxy) is 1. The number of thiol groups is 1. The monoisotopic (exact) mass is 220 g/mol. The molecule has 2 rings (SSSR count). The quantitative estimate of drug-likeness (QED) is 0.531. The number of hydrogen-bond donors (Lipinski definition) is 1. The van der Waals surface area contributed by atoms with E-state index in [4.69, 9.17) is 13.2 Å². The number of fused-ring (bicyclic) bond motifs is 1. The Morgan fingerprint density at radius 2 is 1.92 bits per heavy atom. The first-order valence-corrected chi connectivity index (χ1v) is 5.79. The van der Waals surface area contributed by atoms with Crippen molar-refractivity contribution >= 4 is 20.6 Å². The van der Waals surface area contributed by atoms with E-state index < -0.39 is 9.92 Å². The molecule has 0 bridgehead atoms. The number of benzene rings is 1. The van der Waals surface area contributed by atoms with E-state index in [0.717, 1.165) is 18.8 Å². The van der Waals surface area contributed by atoms with Crippen molar-refractivity contribution in [1.82, 2.24) is 0 Å². The van der Waals surface area contributed by atoms with Gasteiger partial charge < -0.3 is 4.74 Å². The van der Waals surface area contributed by atoms with Crippen molar-refractivity contribution in [2.45, 2.75) is 6.42 Å². The van der Waals surface area contributed by atoms with Crippen LogP contribution in [0.25, 0.3) is 0 Å². The second-order valence-electron chi connectivity index (χ2n) is 2.42. The molecule has 72 valence electrons. The minimum atomic E-state index is -2.65. The number of halogens is 1. The summed E-state index contributed by atoms with van der Waals surface area (Å²) in [5.41, 5.74) is 1.34. The first-order valence-electron chi connectivity index (χ1n) is 3.71. The van der Waals surface area contributed by atoms with Crippen molar-refractivity contribution < 1.29 is 13.2 Å². The van der Waals surface area contributed by atoms with Crippen LogP contribution in [0.2, 0.25) is 0 Å². The second-order valence-corrected chi connectivity index (χ2v) is 3.67. The normalized spacial score (nSPS) is 12.8. The summed E-state index contributed by atoms with van der Waals surface area (Å²) in [7, 11) is 1.58. The molecule has 0 aliphatic carbocycles. The van der Waals surface area contributed by atoms with Crippen LogP contribution in [0, 0.1) is 0 Å². The Labute approximate surface area is 82.7 Å². The van der Waals surface area contributed by atoms with Gasteiger partial charge in [0.25, 0.3) is 0 Å². The molecule has 0 atom stereocenters. The van der Waals surface area contributed by atoms with Gasteiger partial charge in [0.2, 0.25) is 9.92 Å². The summed E-state index contributed by atoms with van der Waals surface area (Å²) in [5.74, 6) is 1.07. The van der Waals surface area contributed by atoms with E-state index in [1.165, 1.54) is 5.56 Å². The van der Waals surface area contributed by atoms with E-state index in [9.17, 15) is 0 Å². The van der Waals surface area contributed by atoms with Crippen LogP contribution in [0.15, 0.2) is 24.3 Å². The molecule has 0 N–H and O–H groups in total. The lowest BCUT2D eigenvalue weighted by Gasteiger charge is -1.93. The topological polar surface area (TPSA) is 43.4 Å². The lowest BCUT2D eigenvalue weighted by Crippen LogP contribution is -1.85. The molecule has 3 nitrogen and oxygen atoms in total. The highest BCUT2D eigenvalue weighted by atomic mass is 35.7. The number of hydrogen-bond acceptors (Lipinski definition) is 3. The van der Waals surface area contributed by atoms with Crippen molar-refractivity contribution in [3.8, 4) is 5.75 Å². The number of rotatable bonds is 0. The summed E-state index contributed by atoms with van der Waals surface area (Å²) >= 11 is 0. The minimum absolute atomic E-state index is 0.860. The zero-order chi connectivity index (χ0) is 9.68. The van der Waals surface area contributed by atoms with Gasteiger partial charge in [-0.15, -0.1) is 0 Å². The summed E-state index contributed by atoms with van der Waals surface area (Å²) in [6, 6.07) is 8.18. The molecule has 0 radical (unpaired) electrons. The van der Waals surface area contributed by atoms with Gasteiger partial charge in [-0.25, -0.2) is 8.42 Å². The molecule has 1 aromatic carbocycles. The highest BCUT2D eigenvalue weighted by molar-refractivity contribution is 7.98. The van der Waals surface area contributed by atoms with Crippen molar-refractivity contribution in [3.05, 3.63) is 29.8 Å².